The molecule has 1 saturated carbocycles. The molecule has 2 unspecified atom stereocenters. The molecule has 3 aromatic heterocycles. The SMILES string of the molecule is CC#CC(=O)N1CC2CCC1(c1nc(-c3ccc(C(=O)Nc4ccccn4)cc3)c3c(N)nccn13)C2. The van der Waals surface area contributed by atoms with Crippen LogP contribution in [0.2, 0.25) is 0 Å². The van der Waals surface area contributed by atoms with E-state index < -0.39 is 5.54 Å². The van der Waals surface area contributed by atoms with E-state index in [0.29, 0.717) is 40.9 Å². The number of anilines is 2. The highest BCUT2D eigenvalue weighted by Gasteiger charge is 2.56. The Kier molecular flexibility index (Phi) is 5.37. The number of nitrogens with zero attached hydrogens (tertiary/aromatic N) is 5. The van der Waals surface area contributed by atoms with Crippen LogP contribution in [0.5, 0.6) is 0 Å². The number of rotatable bonds is 4. The summed E-state index contributed by atoms with van der Waals surface area (Å²) >= 11 is 0. The summed E-state index contributed by atoms with van der Waals surface area (Å²) in [4.78, 5) is 41.1. The molecule has 9 nitrogen and oxygen atoms in total. The third-order valence-electron chi connectivity index (χ3n) is 7.35. The zero-order chi connectivity index (χ0) is 25.6. The molecule has 2 bridgehead atoms. The smallest absolute Gasteiger partial charge is 0.299 e. The van der Waals surface area contributed by atoms with Crippen LogP contribution >= 0.6 is 0 Å². The lowest BCUT2D eigenvalue weighted by molar-refractivity contribution is -0.130. The molecule has 3 N–H and O–H groups in total. The first-order chi connectivity index (χ1) is 18.0. The Balaban J connectivity index is 1.41. The first-order valence-electron chi connectivity index (χ1n) is 12.2. The first-order valence-corrected chi connectivity index (χ1v) is 12.2. The fraction of sp³-hybridized carbons (Fsp3) is 0.250. The quantitative estimate of drug-likeness (QED) is 0.422. The number of likely N-dealkylation sites (tertiary alicyclic amines) is 1. The summed E-state index contributed by atoms with van der Waals surface area (Å²) in [5, 5.41) is 2.79. The maximum Gasteiger partial charge on any atom is 0.299 e. The third-order valence-corrected chi connectivity index (χ3v) is 7.35. The van der Waals surface area contributed by atoms with Gasteiger partial charge in [-0.1, -0.05) is 24.1 Å². The van der Waals surface area contributed by atoms with Crippen LogP contribution in [0.25, 0.3) is 16.8 Å². The van der Waals surface area contributed by atoms with Crippen molar-refractivity contribution in [1.29, 1.82) is 0 Å². The number of nitrogens with one attached hydrogen (secondary N) is 1. The predicted octanol–water partition coefficient (Wildman–Crippen LogP) is 3.49. The molecule has 0 spiro atoms. The molecule has 37 heavy (non-hydrogen) atoms. The Hall–Kier alpha value is -4.71. The van der Waals surface area contributed by atoms with Gasteiger partial charge in [-0.25, -0.2) is 15.0 Å². The Morgan fingerprint density at radius 3 is 2.70 bits per heavy atom. The van der Waals surface area contributed by atoms with Gasteiger partial charge in [0, 0.05) is 36.3 Å². The number of aromatic nitrogens is 4. The molecule has 4 heterocycles. The number of imidazole rings is 1. The van der Waals surface area contributed by atoms with Crippen LogP contribution in [0.3, 0.4) is 0 Å². The zero-order valence-electron chi connectivity index (χ0n) is 20.3. The average molecular weight is 492 g/mol. The number of nitrogens with two attached hydrogens (primary N) is 1. The second-order valence-electron chi connectivity index (χ2n) is 9.49. The van der Waals surface area contributed by atoms with E-state index in [9.17, 15) is 9.59 Å². The molecular weight excluding hydrogens is 466 g/mol. The molecule has 1 aliphatic carbocycles. The molecule has 9 heteroatoms. The number of nitrogen functional groups attached to an aromatic ring is 1. The van der Waals surface area contributed by atoms with Crippen LogP contribution in [-0.4, -0.2) is 42.6 Å². The average Bonchev–Trinajstić information content (AvgIpc) is 3.62. The minimum absolute atomic E-state index is 0.173. The number of hydrogen-bond acceptors (Lipinski definition) is 6. The van der Waals surface area contributed by atoms with Gasteiger partial charge in [-0.05, 0) is 62.3 Å². The molecule has 1 aromatic carbocycles. The molecule has 2 atom stereocenters. The van der Waals surface area contributed by atoms with E-state index >= 15 is 0 Å². The summed E-state index contributed by atoms with van der Waals surface area (Å²) < 4.78 is 1.96. The van der Waals surface area contributed by atoms with E-state index in [1.54, 1.807) is 43.6 Å². The second kappa shape index (κ2) is 8.75. The van der Waals surface area contributed by atoms with E-state index in [0.717, 1.165) is 30.7 Å². The number of piperidine rings is 1. The zero-order valence-corrected chi connectivity index (χ0v) is 20.3. The Morgan fingerprint density at radius 2 is 1.97 bits per heavy atom. The van der Waals surface area contributed by atoms with Crippen molar-refractivity contribution in [3.8, 4) is 23.1 Å². The fourth-order valence-electron chi connectivity index (χ4n) is 5.73. The van der Waals surface area contributed by atoms with E-state index in [-0.39, 0.29) is 11.8 Å². The lowest BCUT2D eigenvalue weighted by atomic mass is 9.95. The highest BCUT2D eigenvalue weighted by atomic mass is 16.2. The monoisotopic (exact) mass is 491 g/mol. The van der Waals surface area contributed by atoms with E-state index in [1.165, 1.54) is 0 Å². The van der Waals surface area contributed by atoms with Crippen LogP contribution in [0.4, 0.5) is 11.6 Å². The number of pyridine rings is 1. The van der Waals surface area contributed by atoms with Crippen molar-refractivity contribution in [2.45, 2.75) is 31.7 Å². The van der Waals surface area contributed by atoms with Crippen LogP contribution in [0.15, 0.2) is 61.1 Å². The number of hydrogen-bond donors (Lipinski definition) is 2. The minimum Gasteiger partial charge on any atom is -0.382 e. The van der Waals surface area contributed by atoms with Crippen LogP contribution in [-0.2, 0) is 10.3 Å². The van der Waals surface area contributed by atoms with Crippen molar-refractivity contribution in [3.05, 3.63) is 72.4 Å². The standard InChI is InChI=1S/C28H25N7O2/c1-2-5-22(36)35-17-18-11-12-28(35,16-18)27-33-23(24-25(29)31-14-15-34(24)27)19-7-9-20(10-8-19)26(37)32-21-6-3-4-13-30-21/h3-4,6-10,13-15,18H,11-12,16-17H2,1H3,(H2,29,31)(H,30,32,37). The summed E-state index contributed by atoms with van der Waals surface area (Å²) in [5.74, 6) is 7.07. The number of fused-ring (bicyclic) bond motifs is 3. The maximum absolute atomic E-state index is 13.0. The number of carbonyl (C=O) groups is 2. The van der Waals surface area contributed by atoms with Gasteiger partial charge in [0.1, 0.15) is 34.2 Å². The van der Waals surface area contributed by atoms with Gasteiger partial charge < -0.3 is 16.0 Å². The minimum atomic E-state index is -0.539. The lowest BCUT2D eigenvalue weighted by Gasteiger charge is -2.36. The van der Waals surface area contributed by atoms with Gasteiger partial charge in [-0.15, -0.1) is 0 Å². The van der Waals surface area contributed by atoms with E-state index in [4.69, 9.17) is 10.7 Å². The van der Waals surface area contributed by atoms with Gasteiger partial charge in [0.2, 0.25) is 0 Å². The number of amides is 2. The second-order valence-corrected chi connectivity index (χ2v) is 9.49. The first kappa shape index (κ1) is 22.7. The highest BCUT2D eigenvalue weighted by Crippen LogP contribution is 2.53. The Morgan fingerprint density at radius 1 is 1.14 bits per heavy atom. The predicted molar refractivity (Wildman–Crippen MR) is 139 cm³/mol. The van der Waals surface area contributed by atoms with E-state index in [1.807, 2.05) is 33.7 Å². The molecule has 1 aliphatic heterocycles. The van der Waals surface area contributed by atoms with Gasteiger partial charge in [-0.3, -0.25) is 14.0 Å². The van der Waals surface area contributed by atoms with Crippen molar-refractivity contribution in [1.82, 2.24) is 24.3 Å². The number of carbonyl (C=O) groups excluding carboxylic acids is 2. The highest BCUT2D eigenvalue weighted by molar-refractivity contribution is 6.04. The van der Waals surface area contributed by atoms with Crippen LogP contribution in [0, 0.1) is 17.8 Å². The molecule has 2 aliphatic rings. The summed E-state index contributed by atoms with van der Waals surface area (Å²) in [6.45, 7) is 2.35. The summed E-state index contributed by atoms with van der Waals surface area (Å²) in [7, 11) is 0. The van der Waals surface area contributed by atoms with Gasteiger partial charge in [0.25, 0.3) is 11.8 Å². The maximum atomic E-state index is 13.0. The van der Waals surface area contributed by atoms with Crippen molar-refractivity contribution in [3.63, 3.8) is 0 Å². The van der Waals surface area contributed by atoms with Gasteiger partial charge >= 0.3 is 0 Å². The molecule has 0 radical (unpaired) electrons. The molecular formula is C28H25N7O2. The molecule has 2 amide bonds. The molecule has 2 fully saturated rings. The summed E-state index contributed by atoms with van der Waals surface area (Å²) in [6, 6.07) is 12.5. The topological polar surface area (TPSA) is 119 Å². The lowest BCUT2D eigenvalue weighted by Crippen LogP contribution is -2.46. The number of benzene rings is 1. The summed E-state index contributed by atoms with van der Waals surface area (Å²) in [6.07, 6.45) is 7.83. The Labute approximate surface area is 213 Å². The Bertz CT molecular complexity index is 1580. The van der Waals surface area contributed by atoms with Crippen molar-refractivity contribution >= 4 is 29.0 Å². The molecule has 1 saturated heterocycles. The van der Waals surface area contributed by atoms with Crippen molar-refractivity contribution < 1.29 is 9.59 Å². The molecule has 184 valence electrons. The molecule has 4 aromatic rings. The van der Waals surface area contributed by atoms with Crippen molar-refractivity contribution in [2.75, 3.05) is 17.6 Å². The van der Waals surface area contributed by atoms with Crippen LogP contribution in [0.1, 0.15) is 42.4 Å². The van der Waals surface area contributed by atoms with Gasteiger partial charge in [-0.2, -0.15) is 0 Å². The van der Waals surface area contributed by atoms with E-state index in [2.05, 4.69) is 27.1 Å². The van der Waals surface area contributed by atoms with Crippen molar-refractivity contribution in [2.24, 2.45) is 5.92 Å². The third kappa shape index (κ3) is 3.69. The van der Waals surface area contributed by atoms with Gasteiger partial charge in [0.15, 0.2) is 0 Å². The normalized spacial score (nSPS) is 20.0. The fourth-order valence-corrected chi connectivity index (χ4v) is 5.73. The van der Waals surface area contributed by atoms with Gasteiger partial charge in [0.05, 0.1) is 0 Å². The largest absolute Gasteiger partial charge is 0.382 e. The molecule has 6 rings (SSSR count). The summed E-state index contributed by atoms with van der Waals surface area (Å²) in [5.41, 5.74) is 8.46. The van der Waals surface area contributed by atoms with Crippen LogP contribution < -0.4 is 11.1 Å².